The number of fused-ring (bicyclic) bond motifs is 12. The van der Waals surface area contributed by atoms with E-state index in [1.165, 1.54) is 64.4 Å². The lowest BCUT2D eigenvalue weighted by Crippen LogP contribution is -2.03. The molecule has 0 aliphatic heterocycles. The van der Waals surface area contributed by atoms with Gasteiger partial charge in [-0.25, -0.2) is 9.97 Å². The van der Waals surface area contributed by atoms with Crippen LogP contribution in [-0.4, -0.2) is 19.1 Å². The predicted molar refractivity (Wildman–Crippen MR) is 249 cm³/mol. The Bertz CT molecular complexity index is 3840. The van der Waals surface area contributed by atoms with Crippen molar-refractivity contribution in [3.63, 3.8) is 0 Å². The van der Waals surface area contributed by atoms with E-state index >= 15 is 0 Å². The van der Waals surface area contributed by atoms with E-state index in [-0.39, 0.29) is 0 Å². The molecule has 0 bridgehead atoms. The summed E-state index contributed by atoms with van der Waals surface area (Å²) in [5.41, 5.74) is 10.9. The van der Waals surface area contributed by atoms with Gasteiger partial charge in [0.1, 0.15) is 0 Å². The van der Waals surface area contributed by atoms with Gasteiger partial charge in [0.05, 0.1) is 38.0 Å². The summed E-state index contributed by atoms with van der Waals surface area (Å²) in [6, 6.07) is 70.1. The minimum Gasteiger partial charge on any atom is -0.309 e. The van der Waals surface area contributed by atoms with Gasteiger partial charge in [0.2, 0.25) is 5.95 Å². The molecule has 0 amide bonds. The van der Waals surface area contributed by atoms with Crippen LogP contribution in [0.3, 0.4) is 0 Å². The van der Waals surface area contributed by atoms with Crippen LogP contribution in [0, 0.1) is 0 Å². The van der Waals surface area contributed by atoms with Crippen molar-refractivity contribution in [2.45, 2.75) is 0 Å². The summed E-state index contributed by atoms with van der Waals surface area (Å²) < 4.78 is 6.95. The van der Waals surface area contributed by atoms with Crippen molar-refractivity contribution in [1.29, 1.82) is 0 Å². The van der Waals surface area contributed by atoms with Crippen molar-refractivity contribution in [1.82, 2.24) is 19.1 Å². The largest absolute Gasteiger partial charge is 0.309 e. The van der Waals surface area contributed by atoms with Gasteiger partial charge in [-0.15, -0.1) is 11.3 Å². The minimum atomic E-state index is 0.659. The van der Waals surface area contributed by atoms with Gasteiger partial charge in [-0.2, -0.15) is 0 Å². The van der Waals surface area contributed by atoms with Gasteiger partial charge in [-0.1, -0.05) is 140 Å². The Balaban J connectivity index is 1.16. The molecule has 9 aromatic carbocycles. The lowest BCUT2D eigenvalue weighted by Gasteiger charge is -2.12. The number of hydrogen-bond donors (Lipinski definition) is 0. The summed E-state index contributed by atoms with van der Waals surface area (Å²) in [5.74, 6) is 0.659. The molecule has 0 spiro atoms. The maximum atomic E-state index is 5.67. The molecule has 0 aliphatic rings. The second-order valence-corrected chi connectivity index (χ2v) is 16.4. The van der Waals surface area contributed by atoms with E-state index in [0.717, 1.165) is 49.1 Å². The molecule has 0 unspecified atom stereocenters. The van der Waals surface area contributed by atoms with E-state index in [0.29, 0.717) is 5.95 Å². The fraction of sp³-hybridized carbons (Fsp3) is 0. The monoisotopic (exact) mass is 768 g/mol. The molecule has 0 saturated carbocycles. The Labute approximate surface area is 342 Å². The summed E-state index contributed by atoms with van der Waals surface area (Å²) >= 11 is 1.77. The summed E-state index contributed by atoms with van der Waals surface area (Å²) in [5, 5.41) is 10.8. The average Bonchev–Trinajstić information content (AvgIpc) is 3.95. The van der Waals surface area contributed by atoms with Gasteiger partial charge in [0, 0.05) is 42.9 Å². The maximum Gasteiger partial charge on any atom is 0.235 e. The molecule has 4 aromatic heterocycles. The lowest BCUT2D eigenvalue weighted by molar-refractivity contribution is 1.02. The normalized spacial score (nSPS) is 12.1. The number of rotatable bonds is 4. The van der Waals surface area contributed by atoms with E-state index in [1.807, 2.05) is 0 Å². The second kappa shape index (κ2) is 12.4. The van der Waals surface area contributed by atoms with Gasteiger partial charge in [0.25, 0.3) is 0 Å². The zero-order valence-corrected chi connectivity index (χ0v) is 32.5. The third kappa shape index (κ3) is 4.83. The van der Waals surface area contributed by atoms with Gasteiger partial charge in [-0.3, -0.25) is 4.57 Å². The molecule has 0 aliphatic carbocycles. The van der Waals surface area contributed by atoms with Gasteiger partial charge < -0.3 is 4.57 Å². The Morgan fingerprint density at radius 3 is 1.90 bits per heavy atom. The fourth-order valence-electron chi connectivity index (χ4n) is 9.40. The molecule has 0 radical (unpaired) electrons. The minimum absolute atomic E-state index is 0.659. The number of thiophene rings is 1. The first-order chi connectivity index (χ1) is 29.2. The number of para-hydroxylation sites is 2. The van der Waals surface area contributed by atoms with E-state index in [9.17, 15) is 0 Å². The molecule has 0 N–H and O–H groups in total. The highest BCUT2D eigenvalue weighted by molar-refractivity contribution is 7.26. The van der Waals surface area contributed by atoms with Crippen LogP contribution in [0.4, 0.5) is 0 Å². The predicted octanol–water partition coefficient (Wildman–Crippen LogP) is 14.7. The Hall–Kier alpha value is -7.60. The smallest absolute Gasteiger partial charge is 0.235 e. The summed E-state index contributed by atoms with van der Waals surface area (Å²) in [7, 11) is 0. The van der Waals surface area contributed by atoms with Crippen LogP contribution in [0.5, 0.6) is 0 Å². The van der Waals surface area contributed by atoms with Crippen LogP contribution < -0.4 is 0 Å². The molecule has 59 heavy (non-hydrogen) atoms. The van der Waals surface area contributed by atoms with Crippen molar-refractivity contribution in [3.8, 4) is 34.0 Å². The molecular formula is C54H32N4S. The van der Waals surface area contributed by atoms with E-state index in [4.69, 9.17) is 9.97 Å². The van der Waals surface area contributed by atoms with Crippen molar-refractivity contribution < 1.29 is 0 Å². The molecule has 4 heterocycles. The second-order valence-electron chi connectivity index (χ2n) is 15.4. The first kappa shape index (κ1) is 32.5. The van der Waals surface area contributed by atoms with Crippen molar-refractivity contribution in [2.75, 3.05) is 0 Å². The quantitative estimate of drug-likeness (QED) is 0.179. The van der Waals surface area contributed by atoms with Crippen molar-refractivity contribution >= 4 is 96.8 Å². The Morgan fingerprint density at radius 2 is 1.05 bits per heavy atom. The molecular weight excluding hydrogens is 737 g/mol. The number of hydrogen-bond acceptors (Lipinski definition) is 3. The van der Waals surface area contributed by atoms with Gasteiger partial charge in [-0.05, 0) is 87.3 Å². The van der Waals surface area contributed by atoms with Crippen molar-refractivity contribution in [2.24, 2.45) is 0 Å². The molecule has 13 rings (SSSR count). The molecule has 274 valence electrons. The fourth-order valence-corrected chi connectivity index (χ4v) is 10.5. The first-order valence-corrected chi connectivity index (χ1v) is 20.8. The number of nitrogens with zero attached hydrogens (tertiary/aromatic N) is 4. The van der Waals surface area contributed by atoms with Crippen LogP contribution >= 0.6 is 11.3 Å². The lowest BCUT2D eigenvalue weighted by atomic mass is 10.0. The third-order valence-electron chi connectivity index (χ3n) is 12.1. The Morgan fingerprint density at radius 1 is 0.373 bits per heavy atom. The summed E-state index contributed by atoms with van der Waals surface area (Å²) in [6.07, 6.45) is 0. The molecule has 0 atom stereocenters. The standard InChI is InChI=1S/C54H32N4S/c1-3-13-33(14-4-1)37-25-28-49-44(30-37)52-53(59-49)51(38-23-26-42-41-21-11-12-22-45(41)57(47(42)32-38)39-18-5-2-6-19-39)55-54(56-52)58-46-27-24-34-15-9-10-20-40(34)50(46)43-29-35-16-7-8-17-36(35)31-48(43)58/h1-32H. The van der Waals surface area contributed by atoms with Crippen LogP contribution in [0.15, 0.2) is 194 Å². The highest BCUT2D eigenvalue weighted by Gasteiger charge is 2.23. The molecule has 13 aromatic rings. The summed E-state index contributed by atoms with van der Waals surface area (Å²) in [4.78, 5) is 11.3. The van der Waals surface area contributed by atoms with Crippen LogP contribution in [0.2, 0.25) is 0 Å². The summed E-state index contributed by atoms with van der Waals surface area (Å²) in [6.45, 7) is 0. The van der Waals surface area contributed by atoms with Gasteiger partial charge in [0.15, 0.2) is 0 Å². The molecule has 4 nitrogen and oxygen atoms in total. The van der Waals surface area contributed by atoms with Crippen LogP contribution in [0.25, 0.3) is 119 Å². The zero-order valence-electron chi connectivity index (χ0n) is 31.7. The first-order valence-electron chi connectivity index (χ1n) is 20.0. The van der Waals surface area contributed by atoms with E-state index in [2.05, 4.69) is 203 Å². The van der Waals surface area contributed by atoms with Crippen LogP contribution in [-0.2, 0) is 0 Å². The zero-order chi connectivity index (χ0) is 38.6. The molecule has 0 fully saturated rings. The highest BCUT2D eigenvalue weighted by atomic mass is 32.1. The van der Waals surface area contributed by atoms with E-state index < -0.39 is 0 Å². The number of benzene rings is 9. The van der Waals surface area contributed by atoms with Crippen molar-refractivity contribution in [3.05, 3.63) is 194 Å². The Kier molecular flexibility index (Phi) is 6.85. The maximum absolute atomic E-state index is 5.67. The topological polar surface area (TPSA) is 35.6 Å². The van der Waals surface area contributed by atoms with Crippen LogP contribution in [0.1, 0.15) is 0 Å². The van der Waals surface area contributed by atoms with Gasteiger partial charge >= 0.3 is 0 Å². The van der Waals surface area contributed by atoms with E-state index in [1.54, 1.807) is 11.3 Å². The average molecular weight is 769 g/mol. The molecule has 0 saturated heterocycles. The molecule has 5 heteroatoms. The highest BCUT2D eigenvalue weighted by Crippen LogP contribution is 2.44. The SMILES string of the molecule is c1ccc(-c2ccc3sc4c(-c5ccc6c7ccccc7n(-c7ccccc7)c6c5)nc(-n5c6cc7ccccc7cc6c6c7ccccc7ccc65)nc4c3c2)cc1. The number of aromatic nitrogens is 4. The third-order valence-corrected chi connectivity index (χ3v) is 13.3.